The van der Waals surface area contributed by atoms with Crippen LogP contribution in [0.1, 0.15) is 344 Å². The molecular formula is C86H161NaO9. The number of rotatable bonds is 75. The SMILES string of the molecule is C=CCOCC(COCCCCCCCC/C=C\C/C=C\CCCCC)OCCCCCCCC/C=C\C/C=C\CCCCC.CCCC/C=C\C/C=C\CCCCCCCCOC(CO)COCCCCCCCC/C=C\C/C=C\CCCCC.CCCOCC(O)CO.[H-].[Na+]. The Bertz CT molecular complexity index is 1650. The summed E-state index contributed by atoms with van der Waals surface area (Å²) in [5.41, 5.74) is 0. The molecule has 96 heavy (non-hydrogen) atoms. The van der Waals surface area contributed by atoms with Crippen LogP contribution >= 0.6 is 0 Å². The minimum atomic E-state index is -0.712. The summed E-state index contributed by atoms with van der Waals surface area (Å²) < 4.78 is 34.3. The summed E-state index contributed by atoms with van der Waals surface area (Å²) in [5, 5.41) is 26.6. The van der Waals surface area contributed by atoms with E-state index in [2.05, 4.69) is 131 Å². The quantitative estimate of drug-likeness (QED) is 0.0311. The van der Waals surface area contributed by atoms with Gasteiger partial charge in [0.25, 0.3) is 0 Å². The normalized spacial score (nSPS) is 13.0. The molecule has 0 saturated heterocycles. The first-order chi connectivity index (χ1) is 47.0. The predicted molar refractivity (Wildman–Crippen MR) is 417 cm³/mol. The van der Waals surface area contributed by atoms with Gasteiger partial charge in [-0.05, 0) is 154 Å². The van der Waals surface area contributed by atoms with Crippen molar-refractivity contribution < 1.29 is 74.7 Å². The monoisotopic (exact) mass is 1360 g/mol. The van der Waals surface area contributed by atoms with Gasteiger partial charge in [0, 0.05) is 33.0 Å². The van der Waals surface area contributed by atoms with Gasteiger partial charge >= 0.3 is 29.6 Å². The molecule has 0 spiro atoms. The summed E-state index contributed by atoms with van der Waals surface area (Å²) in [7, 11) is 0. The van der Waals surface area contributed by atoms with Crippen LogP contribution in [0.15, 0.2) is 110 Å². The molecule has 9 nitrogen and oxygen atoms in total. The Morgan fingerprint density at radius 2 is 0.552 bits per heavy atom. The van der Waals surface area contributed by atoms with Crippen LogP contribution in [-0.2, 0) is 28.4 Å². The molecule has 0 heterocycles. The van der Waals surface area contributed by atoms with E-state index in [9.17, 15) is 5.11 Å². The van der Waals surface area contributed by atoms with Crippen LogP contribution in [0.25, 0.3) is 0 Å². The second-order valence-corrected chi connectivity index (χ2v) is 26.0. The zero-order valence-electron chi connectivity index (χ0n) is 65.5. The van der Waals surface area contributed by atoms with Crippen molar-refractivity contribution in [3.05, 3.63) is 110 Å². The Hall–Kier alpha value is -1.70. The van der Waals surface area contributed by atoms with Crippen molar-refractivity contribution in [1.82, 2.24) is 0 Å². The van der Waals surface area contributed by atoms with Crippen molar-refractivity contribution >= 4 is 0 Å². The molecule has 560 valence electrons. The topological polar surface area (TPSA) is 116 Å². The standard InChI is InChI=1S/C42H76O3.C38H70O3.C6H14O3.Na.H/c1-4-7-9-11-13-15-17-19-21-23-25-27-29-31-33-35-38-44-41-42(40-43-37-6-3)45-39-36-34-32-30-28-26-24-22-20-18-16-14-12-10-8-5-2;1-3-5-7-9-11-13-15-17-19-21-22-24-26-28-30-32-34-40-37-38(36-39)41-35-33-31-29-27-25-23-20-18-16-14-12-10-8-6-4-2;1-2-3-9-5-6(8)4-7;;/h6,13-16,19-22,42H,3-5,7-12,17-18,23-41H2,1-2H3;10-13,16-19,38-39H,3-9,14-15,20-37H2,1-2H3;6-8H,2-5H2,1H3;;/q;;;+1;-1/b15-13-,16-14-,21-19-,22-20-;12-10-,13-11-,18-16-,19-17-;;;. The molecule has 0 rings (SSSR count). The fraction of sp³-hybridized carbons (Fsp3) is 0.791. The first kappa shape index (κ1) is 101. The molecule has 3 unspecified atom stereocenters. The fourth-order valence-corrected chi connectivity index (χ4v) is 10.3. The van der Waals surface area contributed by atoms with E-state index in [4.69, 9.17) is 38.6 Å². The molecule has 0 aliphatic rings. The van der Waals surface area contributed by atoms with Crippen molar-refractivity contribution in [2.75, 3.05) is 79.3 Å². The van der Waals surface area contributed by atoms with Gasteiger partial charge in [0.15, 0.2) is 0 Å². The smallest absolute Gasteiger partial charge is 1.00 e. The van der Waals surface area contributed by atoms with Gasteiger partial charge < -0.3 is 45.2 Å². The molecule has 0 aromatic carbocycles. The van der Waals surface area contributed by atoms with Crippen LogP contribution in [0.3, 0.4) is 0 Å². The van der Waals surface area contributed by atoms with Gasteiger partial charge in [-0.25, -0.2) is 0 Å². The third-order valence-electron chi connectivity index (χ3n) is 16.3. The maximum absolute atomic E-state index is 9.57. The Labute approximate surface area is 621 Å². The Kier molecular flexibility index (Phi) is 102. The molecule has 0 fully saturated rings. The van der Waals surface area contributed by atoms with Gasteiger partial charge in [0.05, 0.1) is 46.2 Å². The van der Waals surface area contributed by atoms with E-state index in [-0.39, 0.29) is 63.0 Å². The molecule has 0 aliphatic heterocycles. The van der Waals surface area contributed by atoms with Crippen LogP contribution in [0.4, 0.5) is 0 Å². The molecule has 3 atom stereocenters. The molecule has 3 N–H and O–H groups in total. The Morgan fingerprint density at radius 3 is 0.865 bits per heavy atom. The van der Waals surface area contributed by atoms with Gasteiger partial charge in [0.2, 0.25) is 0 Å². The average molecular weight is 1360 g/mol. The second kappa shape index (κ2) is 97.5. The van der Waals surface area contributed by atoms with Crippen molar-refractivity contribution in [3.8, 4) is 0 Å². The van der Waals surface area contributed by atoms with Gasteiger partial charge in [0.1, 0.15) is 18.3 Å². The number of unbranched alkanes of at least 4 members (excludes halogenated alkanes) is 35. The Balaban J connectivity index is -0.000000506. The van der Waals surface area contributed by atoms with Gasteiger partial charge in [-0.2, -0.15) is 0 Å². The number of allylic oxidation sites excluding steroid dienone is 16. The summed E-state index contributed by atoms with van der Waals surface area (Å²) in [5.74, 6) is 0. The third kappa shape index (κ3) is 96.5. The number of aliphatic hydroxyl groups excluding tert-OH is 3. The largest absolute Gasteiger partial charge is 1.00 e. The van der Waals surface area contributed by atoms with Crippen LogP contribution in [0.5, 0.6) is 0 Å². The zero-order valence-corrected chi connectivity index (χ0v) is 66.5. The van der Waals surface area contributed by atoms with Crippen molar-refractivity contribution in [2.24, 2.45) is 0 Å². The average Bonchev–Trinajstić information content (AvgIpc) is 3.79. The van der Waals surface area contributed by atoms with E-state index in [1.807, 2.05) is 6.92 Å². The van der Waals surface area contributed by atoms with E-state index in [1.165, 1.54) is 250 Å². The first-order valence-corrected chi connectivity index (χ1v) is 40.2. The summed E-state index contributed by atoms with van der Waals surface area (Å²) in [6.07, 6.45) is 98.2. The molecule has 0 saturated carbocycles. The van der Waals surface area contributed by atoms with Crippen LogP contribution in [0, 0.1) is 0 Å². The van der Waals surface area contributed by atoms with E-state index in [1.54, 1.807) is 6.08 Å². The van der Waals surface area contributed by atoms with Gasteiger partial charge in [-0.15, -0.1) is 6.58 Å². The predicted octanol–water partition coefficient (Wildman–Crippen LogP) is 21.7. The van der Waals surface area contributed by atoms with Gasteiger partial charge in [-0.3, -0.25) is 0 Å². The minimum absolute atomic E-state index is 0. The molecule has 0 radical (unpaired) electrons. The molecule has 0 aromatic rings. The number of hydrogen-bond acceptors (Lipinski definition) is 9. The van der Waals surface area contributed by atoms with Crippen LogP contribution < -0.4 is 29.6 Å². The van der Waals surface area contributed by atoms with Crippen molar-refractivity contribution in [1.29, 1.82) is 0 Å². The number of aliphatic hydroxyl groups is 3. The maximum Gasteiger partial charge on any atom is 1.00 e. The maximum atomic E-state index is 9.57. The summed E-state index contributed by atoms with van der Waals surface area (Å²) in [6.45, 7) is 20.9. The summed E-state index contributed by atoms with van der Waals surface area (Å²) >= 11 is 0. The Morgan fingerprint density at radius 1 is 0.281 bits per heavy atom. The molecule has 10 heteroatoms. The minimum Gasteiger partial charge on any atom is -1.00 e. The van der Waals surface area contributed by atoms with E-state index < -0.39 is 6.10 Å². The summed E-state index contributed by atoms with van der Waals surface area (Å²) in [6, 6.07) is 0. The van der Waals surface area contributed by atoms with Crippen molar-refractivity contribution in [3.63, 3.8) is 0 Å². The van der Waals surface area contributed by atoms with Crippen molar-refractivity contribution in [2.45, 2.75) is 361 Å². The molecule has 0 aromatic heterocycles. The third-order valence-corrected chi connectivity index (χ3v) is 16.3. The first-order valence-electron chi connectivity index (χ1n) is 40.2. The number of ether oxygens (including phenoxy) is 6. The summed E-state index contributed by atoms with van der Waals surface area (Å²) in [4.78, 5) is 0. The number of hydrogen-bond donors (Lipinski definition) is 3. The van der Waals surface area contributed by atoms with Crippen LogP contribution in [-0.4, -0.2) is 113 Å². The van der Waals surface area contributed by atoms with Gasteiger partial charge in [-0.1, -0.05) is 292 Å². The zero-order chi connectivity index (χ0) is 69.4. The molecular weight excluding hydrogens is 1200 g/mol. The van der Waals surface area contributed by atoms with Crippen LogP contribution in [0.2, 0.25) is 0 Å². The molecule has 0 amide bonds. The fourth-order valence-electron chi connectivity index (χ4n) is 10.3. The van der Waals surface area contributed by atoms with E-state index in [0.717, 1.165) is 84.2 Å². The van der Waals surface area contributed by atoms with E-state index >= 15 is 0 Å². The van der Waals surface area contributed by atoms with E-state index in [0.29, 0.717) is 33.0 Å². The second-order valence-electron chi connectivity index (χ2n) is 26.0. The molecule has 0 aliphatic carbocycles. The molecule has 0 bridgehead atoms.